The number of benzene rings is 1. The van der Waals surface area contributed by atoms with Crippen molar-refractivity contribution in [1.82, 2.24) is 15.5 Å². The first kappa shape index (κ1) is 12.7. The summed E-state index contributed by atoms with van der Waals surface area (Å²) in [5.41, 5.74) is 0.544. The fourth-order valence-corrected chi connectivity index (χ4v) is 2.37. The number of ether oxygens (including phenoxy) is 1. The monoisotopic (exact) mass is 327 g/mol. The molecule has 0 bridgehead atoms. The van der Waals surface area contributed by atoms with Crippen LogP contribution in [0.3, 0.4) is 0 Å². The predicted molar refractivity (Wildman–Crippen MR) is 69.0 cm³/mol. The molecule has 1 N–H and O–H groups in total. The Bertz CT molecular complexity index is 564. The zero-order valence-electron chi connectivity index (χ0n) is 9.90. The molecule has 2 aromatic rings. The van der Waals surface area contributed by atoms with Crippen LogP contribution in [0.2, 0.25) is 0 Å². The first-order valence-electron chi connectivity index (χ1n) is 5.83. The SMILES string of the molecule is Fc1cc(Br)cc(-c2nc(C3COCCN3)no2)c1. The average Bonchev–Trinajstić information content (AvgIpc) is 2.88. The van der Waals surface area contributed by atoms with Crippen LogP contribution in [0, 0.1) is 5.82 Å². The van der Waals surface area contributed by atoms with E-state index in [4.69, 9.17) is 9.26 Å². The van der Waals surface area contributed by atoms with Crippen molar-refractivity contribution in [3.63, 3.8) is 0 Å². The van der Waals surface area contributed by atoms with Crippen LogP contribution in [0.5, 0.6) is 0 Å². The molecule has 1 saturated heterocycles. The molecule has 1 aromatic heterocycles. The van der Waals surface area contributed by atoms with E-state index in [1.54, 1.807) is 6.07 Å². The van der Waals surface area contributed by atoms with Crippen molar-refractivity contribution < 1.29 is 13.7 Å². The van der Waals surface area contributed by atoms with Crippen molar-refractivity contribution >= 4 is 15.9 Å². The van der Waals surface area contributed by atoms with Gasteiger partial charge in [-0.1, -0.05) is 21.1 Å². The Kier molecular flexibility index (Phi) is 3.58. The summed E-state index contributed by atoms with van der Waals surface area (Å²) in [6.45, 7) is 1.93. The second-order valence-corrected chi connectivity index (χ2v) is 5.11. The summed E-state index contributed by atoms with van der Waals surface area (Å²) in [5.74, 6) is 0.459. The second kappa shape index (κ2) is 5.36. The lowest BCUT2D eigenvalue weighted by molar-refractivity contribution is 0.0734. The maximum absolute atomic E-state index is 13.3. The van der Waals surface area contributed by atoms with Crippen LogP contribution in [0.15, 0.2) is 27.2 Å². The van der Waals surface area contributed by atoms with E-state index in [0.717, 1.165) is 6.54 Å². The Morgan fingerprint density at radius 3 is 3.00 bits per heavy atom. The molecule has 19 heavy (non-hydrogen) atoms. The Morgan fingerprint density at radius 2 is 2.26 bits per heavy atom. The van der Waals surface area contributed by atoms with Gasteiger partial charge in [-0.2, -0.15) is 4.98 Å². The lowest BCUT2D eigenvalue weighted by Crippen LogP contribution is -2.35. The molecule has 2 heterocycles. The van der Waals surface area contributed by atoms with Crippen LogP contribution in [-0.2, 0) is 4.74 Å². The van der Waals surface area contributed by atoms with Gasteiger partial charge in [-0.15, -0.1) is 0 Å². The molecule has 0 saturated carbocycles. The minimum atomic E-state index is -0.358. The van der Waals surface area contributed by atoms with Gasteiger partial charge >= 0.3 is 0 Å². The number of halogens is 2. The first-order chi connectivity index (χ1) is 9.22. The van der Waals surface area contributed by atoms with E-state index >= 15 is 0 Å². The molecule has 100 valence electrons. The summed E-state index contributed by atoms with van der Waals surface area (Å²) in [6, 6.07) is 4.37. The van der Waals surface area contributed by atoms with E-state index in [0.29, 0.717) is 35.0 Å². The third-order valence-corrected chi connectivity index (χ3v) is 3.24. The van der Waals surface area contributed by atoms with Crippen LogP contribution in [-0.4, -0.2) is 29.9 Å². The van der Waals surface area contributed by atoms with Crippen molar-refractivity contribution in [2.45, 2.75) is 6.04 Å². The van der Waals surface area contributed by atoms with Gasteiger partial charge in [0.05, 0.1) is 19.3 Å². The van der Waals surface area contributed by atoms with Gasteiger partial charge in [0.1, 0.15) is 5.82 Å². The van der Waals surface area contributed by atoms with Crippen molar-refractivity contribution in [3.05, 3.63) is 34.3 Å². The Hall–Kier alpha value is -1.31. The molecule has 7 heteroatoms. The highest BCUT2D eigenvalue weighted by Gasteiger charge is 2.21. The molecule has 1 unspecified atom stereocenters. The lowest BCUT2D eigenvalue weighted by atomic mass is 10.2. The predicted octanol–water partition coefficient (Wildman–Crippen LogP) is 2.30. The standard InChI is InChI=1S/C12H11BrFN3O2/c13-8-3-7(4-9(14)5-8)12-16-11(17-19-12)10-6-18-2-1-15-10/h3-5,10,15H,1-2,6H2. The summed E-state index contributed by atoms with van der Waals surface area (Å²) >= 11 is 3.23. The van der Waals surface area contributed by atoms with Crippen LogP contribution in [0.25, 0.3) is 11.5 Å². The van der Waals surface area contributed by atoms with Crippen LogP contribution in [0.4, 0.5) is 4.39 Å². The van der Waals surface area contributed by atoms with E-state index in [1.807, 2.05) is 0 Å². The van der Waals surface area contributed by atoms with Crippen LogP contribution >= 0.6 is 15.9 Å². The summed E-state index contributed by atoms with van der Waals surface area (Å²) in [6.07, 6.45) is 0. The van der Waals surface area contributed by atoms with Gasteiger partial charge < -0.3 is 14.6 Å². The average molecular weight is 328 g/mol. The number of rotatable bonds is 2. The molecule has 1 aliphatic rings. The maximum Gasteiger partial charge on any atom is 0.258 e. The quantitative estimate of drug-likeness (QED) is 0.917. The first-order valence-corrected chi connectivity index (χ1v) is 6.63. The van der Waals surface area contributed by atoms with E-state index in [2.05, 4.69) is 31.4 Å². The number of hydrogen-bond acceptors (Lipinski definition) is 5. The highest BCUT2D eigenvalue weighted by Crippen LogP contribution is 2.24. The normalized spacial score (nSPS) is 19.6. The molecule has 0 amide bonds. The van der Waals surface area contributed by atoms with Gasteiger partial charge in [-0.25, -0.2) is 4.39 Å². The Morgan fingerprint density at radius 1 is 1.37 bits per heavy atom. The lowest BCUT2D eigenvalue weighted by Gasteiger charge is -2.20. The highest BCUT2D eigenvalue weighted by atomic mass is 79.9. The largest absolute Gasteiger partial charge is 0.378 e. The van der Waals surface area contributed by atoms with Crippen molar-refractivity contribution in [2.24, 2.45) is 0 Å². The fraction of sp³-hybridized carbons (Fsp3) is 0.333. The minimum Gasteiger partial charge on any atom is -0.378 e. The van der Waals surface area contributed by atoms with Crippen molar-refractivity contribution in [3.8, 4) is 11.5 Å². The zero-order valence-corrected chi connectivity index (χ0v) is 11.5. The second-order valence-electron chi connectivity index (χ2n) is 4.20. The molecular weight excluding hydrogens is 317 g/mol. The molecule has 1 fully saturated rings. The molecule has 3 rings (SSSR count). The van der Waals surface area contributed by atoms with Gasteiger partial charge in [-0.3, -0.25) is 0 Å². The third kappa shape index (κ3) is 2.83. The molecule has 0 spiro atoms. The molecule has 1 aromatic carbocycles. The number of aromatic nitrogens is 2. The number of nitrogens with one attached hydrogen (secondary N) is 1. The molecular formula is C12H11BrFN3O2. The van der Waals surface area contributed by atoms with Crippen LogP contribution < -0.4 is 5.32 Å². The molecule has 1 atom stereocenters. The van der Waals surface area contributed by atoms with Crippen molar-refractivity contribution in [1.29, 1.82) is 0 Å². The minimum absolute atomic E-state index is 0.0803. The summed E-state index contributed by atoms with van der Waals surface area (Å²) in [4.78, 5) is 4.28. The van der Waals surface area contributed by atoms with Gasteiger partial charge in [0, 0.05) is 16.6 Å². The summed E-state index contributed by atoms with van der Waals surface area (Å²) < 4.78 is 24.5. The zero-order chi connectivity index (χ0) is 13.2. The number of hydrogen-bond donors (Lipinski definition) is 1. The molecule has 1 aliphatic heterocycles. The maximum atomic E-state index is 13.3. The summed E-state index contributed by atoms with van der Waals surface area (Å²) in [7, 11) is 0. The molecule has 0 aliphatic carbocycles. The van der Waals surface area contributed by atoms with Crippen molar-refractivity contribution in [2.75, 3.05) is 19.8 Å². The number of nitrogens with zero attached hydrogens (tertiary/aromatic N) is 2. The highest BCUT2D eigenvalue weighted by molar-refractivity contribution is 9.10. The van der Waals surface area contributed by atoms with Gasteiger partial charge in [-0.05, 0) is 18.2 Å². The van der Waals surface area contributed by atoms with Crippen LogP contribution in [0.1, 0.15) is 11.9 Å². The summed E-state index contributed by atoms with van der Waals surface area (Å²) in [5, 5.41) is 7.14. The van der Waals surface area contributed by atoms with E-state index in [-0.39, 0.29) is 11.9 Å². The van der Waals surface area contributed by atoms with E-state index in [9.17, 15) is 4.39 Å². The van der Waals surface area contributed by atoms with E-state index in [1.165, 1.54) is 12.1 Å². The Labute approximate surface area is 117 Å². The third-order valence-electron chi connectivity index (χ3n) is 2.78. The molecule has 0 radical (unpaired) electrons. The van der Waals surface area contributed by atoms with E-state index < -0.39 is 0 Å². The van der Waals surface area contributed by atoms with Gasteiger partial charge in [0.2, 0.25) is 0 Å². The molecule has 5 nitrogen and oxygen atoms in total. The Balaban J connectivity index is 1.87. The fourth-order valence-electron chi connectivity index (χ4n) is 1.90. The van der Waals surface area contributed by atoms with Gasteiger partial charge in [0.15, 0.2) is 5.82 Å². The van der Waals surface area contributed by atoms with Gasteiger partial charge in [0.25, 0.3) is 5.89 Å². The number of morpholine rings is 1. The topological polar surface area (TPSA) is 60.2 Å². The smallest absolute Gasteiger partial charge is 0.258 e.